The molecule has 9 heteroatoms. The standard InChI is InChI=1S/C24H23N7O2/c1-16-10-11-25-21(12-16)31-23-14-22(26-15-27-23)28-17-6-8-18(9-7-17)29-24(32)30-19-4-3-5-20(13-19)33-2/h3-15H,1-2H3,(H2,29,30,32)(H2,25,26,27,28,31). The molecule has 166 valence electrons. The van der Waals surface area contributed by atoms with Gasteiger partial charge in [-0.2, -0.15) is 0 Å². The monoisotopic (exact) mass is 441 g/mol. The summed E-state index contributed by atoms with van der Waals surface area (Å²) in [6.45, 7) is 2.00. The molecular formula is C24H23N7O2. The van der Waals surface area contributed by atoms with Crippen molar-refractivity contribution in [1.29, 1.82) is 0 Å². The summed E-state index contributed by atoms with van der Waals surface area (Å²) in [5.74, 6) is 2.62. The summed E-state index contributed by atoms with van der Waals surface area (Å²) in [5, 5.41) is 12.0. The summed E-state index contributed by atoms with van der Waals surface area (Å²) in [7, 11) is 1.58. The number of pyridine rings is 1. The molecule has 0 aliphatic heterocycles. The van der Waals surface area contributed by atoms with Crippen LogP contribution in [0.5, 0.6) is 5.75 Å². The lowest BCUT2D eigenvalue weighted by atomic mass is 10.2. The van der Waals surface area contributed by atoms with Gasteiger partial charge in [0.15, 0.2) is 0 Å². The first-order valence-electron chi connectivity index (χ1n) is 10.2. The van der Waals surface area contributed by atoms with Crippen molar-refractivity contribution in [3.05, 3.63) is 84.8 Å². The van der Waals surface area contributed by atoms with Gasteiger partial charge in [-0.1, -0.05) is 6.07 Å². The average molecular weight is 441 g/mol. The summed E-state index contributed by atoms with van der Waals surface area (Å²) in [4.78, 5) is 25.0. The zero-order valence-electron chi connectivity index (χ0n) is 18.2. The number of aromatic nitrogens is 3. The molecule has 0 spiro atoms. The summed E-state index contributed by atoms with van der Waals surface area (Å²) < 4.78 is 5.16. The second-order valence-corrected chi connectivity index (χ2v) is 7.15. The number of nitrogens with zero attached hydrogens (tertiary/aromatic N) is 3. The molecule has 2 heterocycles. The molecule has 4 aromatic rings. The summed E-state index contributed by atoms with van der Waals surface area (Å²) in [6.07, 6.45) is 3.21. The molecule has 0 unspecified atom stereocenters. The Morgan fingerprint density at radius 1 is 0.758 bits per heavy atom. The molecule has 0 aliphatic rings. The van der Waals surface area contributed by atoms with E-state index in [0.29, 0.717) is 34.6 Å². The molecule has 33 heavy (non-hydrogen) atoms. The predicted octanol–water partition coefficient (Wildman–Crippen LogP) is 5.32. The zero-order valence-corrected chi connectivity index (χ0v) is 18.2. The molecule has 0 bridgehead atoms. The molecule has 9 nitrogen and oxygen atoms in total. The Labute approximate surface area is 191 Å². The third-order valence-corrected chi connectivity index (χ3v) is 4.58. The van der Waals surface area contributed by atoms with Crippen LogP contribution in [0.3, 0.4) is 0 Å². The molecular weight excluding hydrogens is 418 g/mol. The highest BCUT2D eigenvalue weighted by molar-refractivity contribution is 5.99. The van der Waals surface area contributed by atoms with E-state index in [1.54, 1.807) is 49.7 Å². The van der Waals surface area contributed by atoms with Crippen molar-refractivity contribution in [3.8, 4) is 5.75 Å². The highest BCUT2D eigenvalue weighted by Gasteiger charge is 2.05. The first-order chi connectivity index (χ1) is 16.1. The van der Waals surface area contributed by atoms with E-state index >= 15 is 0 Å². The molecule has 0 saturated carbocycles. The number of rotatable bonds is 7. The number of amides is 2. The lowest BCUT2D eigenvalue weighted by molar-refractivity contribution is 0.262. The molecule has 0 fully saturated rings. The third-order valence-electron chi connectivity index (χ3n) is 4.58. The van der Waals surface area contributed by atoms with Gasteiger partial charge in [0, 0.05) is 35.4 Å². The van der Waals surface area contributed by atoms with E-state index in [4.69, 9.17) is 4.74 Å². The van der Waals surface area contributed by atoms with E-state index in [-0.39, 0.29) is 6.03 Å². The Balaban J connectivity index is 1.35. The summed E-state index contributed by atoms with van der Waals surface area (Å²) in [6, 6.07) is 19.7. The SMILES string of the molecule is COc1cccc(NC(=O)Nc2ccc(Nc3cc(Nc4cc(C)ccn4)ncn3)cc2)c1. The highest BCUT2D eigenvalue weighted by Crippen LogP contribution is 2.21. The van der Waals surface area contributed by atoms with Crippen molar-refractivity contribution in [2.24, 2.45) is 0 Å². The number of carbonyl (C=O) groups excluding carboxylic acids is 1. The lowest BCUT2D eigenvalue weighted by Crippen LogP contribution is -2.19. The van der Waals surface area contributed by atoms with Gasteiger partial charge < -0.3 is 26.0 Å². The van der Waals surface area contributed by atoms with Crippen LogP contribution in [0.25, 0.3) is 0 Å². The average Bonchev–Trinajstić information content (AvgIpc) is 2.81. The van der Waals surface area contributed by atoms with E-state index in [2.05, 4.69) is 36.2 Å². The molecule has 0 saturated heterocycles. The van der Waals surface area contributed by atoms with E-state index in [9.17, 15) is 4.79 Å². The Kier molecular flexibility index (Phi) is 6.60. The molecule has 0 aliphatic carbocycles. The molecule has 2 aromatic carbocycles. The van der Waals surface area contributed by atoms with Gasteiger partial charge in [0.25, 0.3) is 0 Å². The second-order valence-electron chi connectivity index (χ2n) is 7.15. The minimum Gasteiger partial charge on any atom is -0.497 e. The van der Waals surface area contributed by atoms with E-state index in [1.165, 1.54) is 6.33 Å². The van der Waals surface area contributed by atoms with Crippen molar-refractivity contribution in [2.75, 3.05) is 28.4 Å². The molecule has 0 radical (unpaired) electrons. The minimum atomic E-state index is -0.347. The number of hydrogen-bond donors (Lipinski definition) is 4. The molecule has 4 N–H and O–H groups in total. The van der Waals surface area contributed by atoms with Crippen LogP contribution in [0.1, 0.15) is 5.56 Å². The first kappa shape index (κ1) is 21.6. The van der Waals surface area contributed by atoms with Gasteiger partial charge in [-0.15, -0.1) is 0 Å². The van der Waals surface area contributed by atoms with Crippen LogP contribution < -0.4 is 26.0 Å². The van der Waals surface area contributed by atoms with E-state index in [1.807, 2.05) is 37.3 Å². The molecule has 4 rings (SSSR count). The quantitative estimate of drug-likeness (QED) is 0.307. The van der Waals surface area contributed by atoms with Crippen molar-refractivity contribution in [1.82, 2.24) is 15.0 Å². The van der Waals surface area contributed by atoms with Crippen molar-refractivity contribution in [2.45, 2.75) is 6.92 Å². The van der Waals surface area contributed by atoms with Gasteiger partial charge in [-0.3, -0.25) is 0 Å². The number of benzene rings is 2. The van der Waals surface area contributed by atoms with Gasteiger partial charge >= 0.3 is 6.03 Å². The van der Waals surface area contributed by atoms with Crippen LogP contribution in [0.15, 0.2) is 79.3 Å². The van der Waals surface area contributed by atoms with Crippen molar-refractivity contribution in [3.63, 3.8) is 0 Å². The van der Waals surface area contributed by atoms with E-state index < -0.39 is 0 Å². The summed E-state index contributed by atoms with van der Waals surface area (Å²) >= 11 is 0. The normalized spacial score (nSPS) is 10.2. The van der Waals surface area contributed by atoms with Gasteiger partial charge in [-0.05, 0) is 61.0 Å². The van der Waals surface area contributed by atoms with Gasteiger partial charge in [0.2, 0.25) is 0 Å². The van der Waals surface area contributed by atoms with Crippen LogP contribution in [0, 0.1) is 6.92 Å². The van der Waals surface area contributed by atoms with Crippen molar-refractivity contribution < 1.29 is 9.53 Å². The minimum absolute atomic E-state index is 0.347. The number of nitrogens with one attached hydrogen (secondary N) is 4. The van der Waals surface area contributed by atoms with Crippen LogP contribution >= 0.6 is 0 Å². The fraction of sp³-hybridized carbons (Fsp3) is 0.0833. The maximum absolute atomic E-state index is 12.3. The fourth-order valence-corrected chi connectivity index (χ4v) is 3.01. The third kappa shape index (κ3) is 6.17. The number of ether oxygens (including phenoxy) is 1. The number of hydrogen-bond acceptors (Lipinski definition) is 7. The van der Waals surface area contributed by atoms with Gasteiger partial charge in [-0.25, -0.2) is 19.7 Å². The summed E-state index contributed by atoms with van der Waals surface area (Å²) in [5.41, 5.74) is 3.20. The Hall–Kier alpha value is -4.66. The zero-order chi connectivity index (χ0) is 23.0. The van der Waals surface area contributed by atoms with E-state index in [0.717, 1.165) is 11.3 Å². The highest BCUT2D eigenvalue weighted by atomic mass is 16.5. The number of urea groups is 1. The van der Waals surface area contributed by atoms with Gasteiger partial charge in [0.05, 0.1) is 7.11 Å². The fourth-order valence-electron chi connectivity index (χ4n) is 3.01. The maximum atomic E-state index is 12.3. The second kappa shape index (κ2) is 10.1. The maximum Gasteiger partial charge on any atom is 0.323 e. The van der Waals surface area contributed by atoms with Crippen LogP contribution in [-0.4, -0.2) is 28.1 Å². The van der Waals surface area contributed by atoms with Crippen LogP contribution in [-0.2, 0) is 0 Å². The molecule has 2 aromatic heterocycles. The molecule has 2 amide bonds. The largest absolute Gasteiger partial charge is 0.497 e. The number of methoxy groups -OCH3 is 1. The lowest BCUT2D eigenvalue weighted by Gasteiger charge is -2.11. The number of carbonyl (C=O) groups is 1. The molecule has 0 atom stereocenters. The Morgan fingerprint density at radius 3 is 2.21 bits per heavy atom. The Morgan fingerprint density at radius 2 is 1.45 bits per heavy atom. The number of aryl methyl sites for hydroxylation is 1. The topological polar surface area (TPSA) is 113 Å². The number of anilines is 6. The Bertz CT molecular complexity index is 1250. The van der Waals surface area contributed by atoms with Crippen LogP contribution in [0.4, 0.5) is 39.3 Å². The van der Waals surface area contributed by atoms with Crippen molar-refractivity contribution >= 4 is 40.5 Å². The van der Waals surface area contributed by atoms with Crippen LogP contribution in [0.2, 0.25) is 0 Å². The predicted molar refractivity (Wildman–Crippen MR) is 130 cm³/mol. The van der Waals surface area contributed by atoms with Gasteiger partial charge in [0.1, 0.15) is 29.5 Å². The smallest absolute Gasteiger partial charge is 0.323 e. The first-order valence-corrected chi connectivity index (χ1v) is 10.2.